The van der Waals surface area contributed by atoms with Crippen molar-refractivity contribution in [3.8, 4) is 5.75 Å². The molecular formula is C16H22N4O2S. The quantitative estimate of drug-likeness (QED) is 0.592. The fraction of sp³-hybridized carbons (Fsp3) is 0.375. The Balaban J connectivity index is 2.14. The average molecular weight is 334 g/mol. The van der Waals surface area contributed by atoms with Gasteiger partial charge >= 0.3 is 0 Å². The molecule has 2 rings (SSSR count). The van der Waals surface area contributed by atoms with E-state index in [1.54, 1.807) is 23.4 Å². The van der Waals surface area contributed by atoms with Crippen molar-refractivity contribution in [3.63, 3.8) is 0 Å². The van der Waals surface area contributed by atoms with Gasteiger partial charge in [-0.3, -0.25) is 4.90 Å². The number of aromatic nitrogens is 3. The molecule has 0 aliphatic rings. The number of methoxy groups -OCH3 is 1. The normalized spacial score (nSPS) is 11.0. The van der Waals surface area contributed by atoms with Crippen LogP contribution in [0.15, 0.2) is 36.9 Å². The number of hydrogen-bond acceptors (Lipinski definition) is 5. The van der Waals surface area contributed by atoms with Crippen LogP contribution in [0.1, 0.15) is 11.4 Å². The van der Waals surface area contributed by atoms with Gasteiger partial charge in [-0.25, -0.2) is 4.68 Å². The molecule has 0 spiro atoms. The topological polar surface area (TPSA) is 55.4 Å². The number of aliphatic hydroxyl groups excluding tert-OH is 1. The van der Waals surface area contributed by atoms with E-state index in [1.807, 2.05) is 30.3 Å². The summed E-state index contributed by atoms with van der Waals surface area (Å²) in [6, 6.07) is 7.95. The summed E-state index contributed by atoms with van der Waals surface area (Å²) in [5.41, 5.74) is 1.16. The van der Waals surface area contributed by atoms with E-state index in [1.165, 1.54) is 0 Å². The number of hydrogen-bond donors (Lipinski definition) is 1. The lowest BCUT2D eigenvalue weighted by molar-refractivity contribution is 0.215. The van der Waals surface area contributed by atoms with E-state index in [-0.39, 0.29) is 6.61 Å². The van der Waals surface area contributed by atoms with E-state index in [2.05, 4.69) is 16.6 Å². The van der Waals surface area contributed by atoms with Crippen LogP contribution in [-0.4, -0.2) is 38.0 Å². The van der Waals surface area contributed by atoms with E-state index < -0.39 is 0 Å². The molecule has 0 bridgehead atoms. The largest absolute Gasteiger partial charge is 0.497 e. The molecule has 0 saturated carbocycles. The molecular weight excluding hydrogens is 312 g/mol. The molecule has 0 saturated heterocycles. The molecule has 1 aromatic carbocycles. The first-order valence-electron chi connectivity index (χ1n) is 7.28. The molecule has 0 fully saturated rings. The lowest BCUT2D eigenvalue weighted by Crippen LogP contribution is -2.27. The molecule has 0 aliphatic heterocycles. The zero-order valence-electron chi connectivity index (χ0n) is 13.5. The second-order valence-electron chi connectivity index (χ2n) is 5.21. The van der Waals surface area contributed by atoms with Crippen molar-refractivity contribution in [2.24, 2.45) is 7.05 Å². The third-order valence-corrected chi connectivity index (χ3v) is 4.04. The van der Waals surface area contributed by atoms with Gasteiger partial charge in [0.1, 0.15) is 12.4 Å². The monoisotopic (exact) mass is 334 g/mol. The van der Waals surface area contributed by atoms with Crippen molar-refractivity contribution in [1.29, 1.82) is 0 Å². The third-order valence-electron chi connectivity index (χ3n) is 3.56. The standard InChI is InChI=1S/C16H22N4O2S/c1-4-9-19(10-13-5-7-14(22-3)8-6-13)12-20-16(23)18(2)15(11-21)17-20/h4-8,21H,1,9-12H2,2-3H3. The average Bonchev–Trinajstić information content (AvgIpc) is 2.83. The van der Waals surface area contributed by atoms with Crippen LogP contribution >= 0.6 is 12.2 Å². The SMILES string of the molecule is C=CCN(Cc1ccc(OC)cc1)Cn1nc(CO)n(C)c1=S. The lowest BCUT2D eigenvalue weighted by atomic mass is 10.2. The maximum Gasteiger partial charge on any atom is 0.198 e. The highest BCUT2D eigenvalue weighted by molar-refractivity contribution is 7.71. The molecule has 1 N–H and O–H groups in total. The Bertz CT molecular complexity index is 706. The van der Waals surface area contributed by atoms with Gasteiger partial charge in [0.2, 0.25) is 0 Å². The molecule has 0 atom stereocenters. The molecule has 124 valence electrons. The van der Waals surface area contributed by atoms with Gasteiger partial charge in [-0.05, 0) is 29.9 Å². The minimum absolute atomic E-state index is 0.132. The summed E-state index contributed by atoms with van der Waals surface area (Å²) < 4.78 is 9.19. The molecule has 1 heterocycles. The smallest absolute Gasteiger partial charge is 0.198 e. The van der Waals surface area contributed by atoms with Crippen LogP contribution in [0.3, 0.4) is 0 Å². The van der Waals surface area contributed by atoms with Crippen molar-refractivity contribution in [2.45, 2.75) is 19.8 Å². The highest BCUT2D eigenvalue weighted by Gasteiger charge is 2.11. The molecule has 2 aromatic rings. The summed E-state index contributed by atoms with van der Waals surface area (Å²) in [6.07, 6.45) is 1.85. The number of rotatable bonds is 8. The van der Waals surface area contributed by atoms with E-state index in [0.717, 1.165) is 17.9 Å². The summed E-state index contributed by atoms with van der Waals surface area (Å²) in [7, 11) is 3.46. The van der Waals surface area contributed by atoms with E-state index in [0.29, 0.717) is 23.8 Å². The zero-order valence-corrected chi connectivity index (χ0v) is 14.3. The summed E-state index contributed by atoms with van der Waals surface area (Å²) in [5.74, 6) is 1.39. The van der Waals surface area contributed by atoms with Crippen molar-refractivity contribution in [1.82, 2.24) is 19.2 Å². The van der Waals surface area contributed by atoms with Gasteiger partial charge < -0.3 is 14.4 Å². The minimum atomic E-state index is -0.132. The van der Waals surface area contributed by atoms with Crippen LogP contribution in [0.4, 0.5) is 0 Å². The van der Waals surface area contributed by atoms with Gasteiger partial charge in [-0.2, -0.15) is 5.10 Å². The van der Waals surface area contributed by atoms with Crippen molar-refractivity contribution >= 4 is 12.2 Å². The Morgan fingerprint density at radius 2 is 2.09 bits per heavy atom. The van der Waals surface area contributed by atoms with Gasteiger partial charge in [-0.15, -0.1) is 6.58 Å². The van der Waals surface area contributed by atoms with Crippen LogP contribution < -0.4 is 4.74 Å². The molecule has 0 aliphatic carbocycles. The summed E-state index contributed by atoms with van der Waals surface area (Å²) >= 11 is 5.36. The lowest BCUT2D eigenvalue weighted by Gasteiger charge is -2.20. The predicted octanol–water partition coefficient (Wildman–Crippen LogP) is 2.10. The zero-order chi connectivity index (χ0) is 16.8. The van der Waals surface area contributed by atoms with Crippen molar-refractivity contribution in [3.05, 3.63) is 53.1 Å². The number of nitrogens with zero attached hydrogens (tertiary/aromatic N) is 4. The fourth-order valence-electron chi connectivity index (χ4n) is 2.30. The minimum Gasteiger partial charge on any atom is -0.497 e. The second-order valence-corrected chi connectivity index (χ2v) is 5.57. The van der Waals surface area contributed by atoms with Crippen LogP contribution in [-0.2, 0) is 26.9 Å². The molecule has 0 unspecified atom stereocenters. The Kier molecular flexibility index (Phi) is 6.09. The third kappa shape index (κ3) is 4.28. The molecule has 7 heteroatoms. The summed E-state index contributed by atoms with van der Waals surface area (Å²) in [4.78, 5) is 2.17. The number of ether oxygens (including phenoxy) is 1. The first-order valence-corrected chi connectivity index (χ1v) is 7.69. The summed E-state index contributed by atoms with van der Waals surface area (Å²) in [6.45, 7) is 5.66. The van der Waals surface area contributed by atoms with Crippen LogP contribution in [0.2, 0.25) is 0 Å². The molecule has 0 radical (unpaired) electrons. The Hall–Kier alpha value is -1.96. The Morgan fingerprint density at radius 3 is 2.61 bits per heavy atom. The van der Waals surface area contributed by atoms with E-state index in [9.17, 15) is 5.11 Å². The first-order chi connectivity index (χ1) is 11.1. The van der Waals surface area contributed by atoms with Gasteiger partial charge in [0.05, 0.1) is 13.8 Å². The van der Waals surface area contributed by atoms with E-state index in [4.69, 9.17) is 17.0 Å². The van der Waals surface area contributed by atoms with Gasteiger partial charge in [0.25, 0.3) is 0 Å². The molecule has 6 nitrogen and oxygen atoms in total. The Morgan fingerprint density at radius 1 is 1.39 bits per heavy atom. The maximum atomic E-state index is 9.29. The fourth-order valence-corrected chi connectivity index (χ4v) is 2.50. The second kappa shape index (κ2) is 8.05. The number of benzene rings is 1. The van der Waals surface area contributed by atoms with Crippen molar-refractivity contribution in [2.75, 3.05) is 13.7 Å². The first kappa shape index (κ1) is 17.4. The molecule has 23 heavy (non-hydrogen) atoms. The summed E-state index contributed by atoms with van der Waals surface area (Å²) in [5, 5.41) is 13.6. The van der Waals surface area contributed by atoms with Crippen LogP contribution in [0, 0.1) is 4.77 Å². The number of aliphatic hydroxyl groups is 1. The molecule has 1 aromatic heterocycles. The van der Waals surface area contributed by atoms with E-state index >= 15 is 0 Å². The predicted molar refractivity (Wildman–Crippen MR) is 91.6 cm³/mol. The van der Waals surface area contributed by atoms with Gasteiger partial charge in [0.15, 0.2) is 10.6 Å². The highest BCUT2D eigenvalue weighted by atomic mass is 32.1. The Labute approximate surface area is 141 Å². The van der Waals surface area contributed by atoms with Gasteiger partial charge in [0, 0.05) is 20.1 Å². The van der Waals surface area contributed by atoms with Crippen LogP contribution in [0.25, 0.3) is 0 Å². The molecule has 0 amide bonds. The van der Waals surface area contributed by atoms with Crippen LogP contribution in [0.5, 0.6) is 5.75 Å². The van der Waals surface area contributed by atoms with Gasteiger partial charge in [-0.1, -0.05) is 18.2 Å². The van der Waals surface area contributed by atoms with Crippen molar-refractivity contribution < 1.29 is 9.84 Å². The maximum absolute atomic E-state index is 9.29. The highest BCUT2D eigenvalue weighted by Crippen LogP contribution is 2.13.